The summed E-state index contributed by atoms with van der Waals surface area (Å²) in [5.41, 5.74) is 8.31. The van der Waals surface area contributed by atoms with E-state index < -0.39 is 0 Å². The number of hydrogen-bond acceptors (Lipinski definition) is 3. The monoisotopic (exact) mass is 331 g/mol. The molecule has 1 saturated carbocycles. The lowest BCUT2D eigenvalue weighted by molar-refractivity contribution is 0.254. The first kappa shape index (κ1) is 16.9. The van der Waals surface area contributed by atoms with E-state index in [1.165, 1.54) is 44.1 Å². The van der Waals surface area contributed by atoms with Crippen molar-refractivity contribution in [1.29, 1.82) is 0 Å². The van der Waals surface area contributed by atoms with E-state index in [0.717, 1.165) is 23.5 Å². The highest BCUT2D eigenvalue weighted by molar-refractivity contribution is 5.78. The number of guanidine groups is 1. The molecule has 132 valence electrons. The van der Waals surface area contributed by atoms with Gasteiger partial charge in [-0.3, -0.25) is 0 Å². The van der Waals surface area contributed by atoms with Crippen molar-refractivity contribution < 1.29 is 9.47 Å². The molecule has 0 bridgehead atoms. The van der Waals surface area contributed by atoms with Gasteiger partial charge in [0, 0.05) is 23.6 Å². The minimum absolute atomic E-state index is 0.227. The van der Waals surface area contributed by atoms with Crippen molar-refractivity contribution in [2.45, 2.75) is 70.6 Å². The largest absolute Gasteiger partial charge is 0.496 e. The first-order chi connectivity index (χ1) is 11.7. The van der Waals surface area contributed by atoms with Gasteiger partial charge in [-0.1, -0.05) is 25.7 Å². The molecule has 0 saturated heterocycles. The maximum atomic E-state index is 6.10. The number of fused-ring (bicyclic) bond motifs is 1. The molecule has 1 aliphatic heterocycles. The lowest BCUT2D eigenvalue weighted by atomic mass is 10.1. The Morgan fingerprint density at radius 3 is 2.75 bits per heavy atom. The summed E-state index contributed by atoms with van der Waals surface area (Å²) in [7, 11) is 1.70. The second-order valence-corrected chi connectivity index (χ2v) is 6.94. The Labute approximate surface area is 144 Å². The van der Waals surface area contributed by atoms with Crippen LogP contribution in [0.1, 0.15) is 56.6 Å². The van der Waals surface area contributed by atoms with Crippen molar-refractivity contribution in [2.24, 2.45) is 10.7 Å². The van der Waals surface area contributed by atoms with Crippen LogP contribution < -0.4 is 20.5 Å². The maximum absolute atomic E-state index is 6.10. The molecule has 1 aliphatic carbocycles. The van der Waals surface area contributed by atoms with E-state index in [2.05, 4.69) is 23.3 Å². The van der Waals surface area contributed by atoms with Crippen molar-refractivity contribution in [2.75, 3.05) is 7.11 Å². The average molecular weight is 331 g/mol. The number of nitrogens with zero attached hydrogens (tertiary/aromatic N) is 1. The quantitative estimate of drug-likeness (QED) is 0.505. The van der Waals surface area contributed by atoms with Crippen LogP contribution >= 0.6 is 0 Å². The number of ether oxygens (including phenoxy) is 2. The van der Waals surface area contributed by atoms with Gasteiger partial charge in [0.1, 0.15) is 17.6 Å². The Balaban J connectivity index is 1.65. The third-order valence-corrected chi connectivity index (χ3v) is 4.93. The summed E-state index contributed by atoms with van der Waals surface area (Å²) in [6.07, 6.45) is 8.75. The van der Waals surface area contributed by atoms with Crippen molar-refractivity contribution in [3.63, 3.8) is 0 Å². The van der Waals surface area contributed by atoms with Crippen LogP contribution in [0, 0.1) is 0 Å². The molecule has 5 heteroatoms. The van der Waals surface area contributed by atoms with Gasteiger partial charge in [0.2, 0.25) is 0 Å². The van der Waals surface area contributed by atoms with Gasteiger partial charge in [0.05, 0.1) is 13.7 Å². The molecule has 1 aromatic rings. The first-order valence-corrected chi connectivity index (χ1v) is 9.08. The first-order valence-electron chi connectivity index (χ1n) is 9.08. The average Bonchev–Trinajstić information content (AvgIpc) is 2.75. The van der Waals surface area contributed by atoms with Crippen LogP contribution in [0.4, 0.5) is 0 Å². The lowest BCUT2D eigenvalue weighted by Gasteiger charge is -2.17. The summed E-state index contributed by atoms with van der Waals surface area (Å²) in [6.45, 7) is 2.58. The number of aliphatic imine (C=N–C) groups is 1. The summed E-state index contributed by atoms with van der Waals surface area (Å²) < 4.78 is 11.4. The molecule has 0 amide bonds. The van der Waals surface area contributed by atoms with Gasteiger partial charge < -0.3 is 20.5 Å². The van der Waals surface area contributed by atoms with Crippen molar-refractivity contribution in [3.05, 3.63) is 23.3 Å². The lowest BCUT2D eigenvalue weighted by Crippen LogP contribution is -2.39. The molecule has 3 N–H and O–H groups in total. The Kier molecular flexibility index (Phi) is 5.48. The Morgan fingerprint density at radius 2 is 2.04 bits per heavy atom. The molecule has 1 fully saturated rings. The molecule has 5 nitrogen and oxygen atoms in total. The fourth-order valence-electron chi connectivity index (χ4n) is 3.64. The van der Waals surface area contributed by atoms with E-state index in [0.29, 0.717) is 18.5 Å². The van der Waals surface area contributed by atoms with E-state index in [-0.39, 0.29) is 6.10 Å². The molecule has 1 unspecified atom stereocenters. The molecule has 3 rings (SSSR count). The number of hydrogen-bond donors (Lipinski definition) is 2. The molecule has 1 aromatic carbocycles. The van der Waals surface area contributed by atoms with E-state index in [1.807, 2.05) is 6.07 Å². The zero-order valence-electron chi connectivity index (χ0n) is 14.8. The Morgan fingerprint density at radius 1 is 1.29 bits per heavy atom. The molecule has 2 aliphatic rings. The molecular formula is C19H29N3O2. The summed E-state index contributed by atoms with van der Waals surface area (Å²) in [5, 5.41) is 3.38. The maximum Gasteiger partial charge on any atom is 0.189 e. The predicted molar refractivity (Wildman–Crippen MR) is 96.7 cm³/mol. The normalized spacial score (nSPS) is 21.8. The molecule has 1 heterocycles. The van der Waals surface area contributed by atoms with Gasteiger partial charge in [-0.2, -0.15) is 0 Å². The van der Waals surface area contributed by atoms with Gasteiger partial charge in [-0.05, 0) is 31.9 Å². The zero-order valence-corrected chi connectivity index (χ0v) is 14.8. The Hall–Kier alpha value is -1.91. The van der Waals surface area contributed by atoms with Crippen LogP contribution in [0.5, 0.6) is 11.5 Å². The molecule has 1 atom stereocenters. The number of nitrogens with two attached hydrogens (primary N) is 1. The standard InChI is InChI=1S/C19H29N3O2/c1-13-9-14-10-17(23-2)15(11-18(14)24-13)12-21-19(20)22-16-7-5-3-4-6-8-16/h10-11,13,16H,3-9,12H2,1-2H3,(H3,20,21,22). The summed E-state index contributed by atoms with van der Waals surface area (Å²) in [5.74, 6) is 2.33. The highest BCUT2D eigenvalue weighted by Crippen LogP contribution is 2.35. The fourth-order valence-corrected chi connectivity index (χ4v) is 3.64. The van der Waals surface area contributed by atoms with Crippen LogP contribution in [-0.4, -0.2) is 25.2 Å². The van der Waals surface area contributed by atoms with Crippen molar-refractivity contribution >= 4 is 5.96 Å². The highest BCUT2D eigenvalue weighted by atomic mass is 16.5. The number of methoxy groups -OCH3 is 1. The summed E-state index contributed by atoms with van der Waals surface area (Å²) >= 11 is 0. The van der Waals surface area contributed by atoms with Crippen molar-refractivity contribution in [3.8, 4) is 11.5 Å². The van der Waals surface area contributed by atoms with Gasteiger partial charge in [-0.25, -0.2) is 4.99 Å². The minimum atomic E-state index is 0.227. The summed E-state index contributed by atoms with van der Waals surface area (Å²) in [6, 6.07) is 4.57. The fraction of sp³-hybridized carbons (Fsp3) is 0.632. The third-order valence-electron chi connectivity index (χ3n) is 4.93. The van der Waals surface area contributed by atoms with Crippen LogP contribution in [0.25, 0.3) is 0 Å². The van der Waals surface area contributed by atoms with E-state index in [4.69, 9.17) is 15.2 Å². The topological polar surface area (TPSA) is 68.9 Å². The van der Waals surface area contributed by atoms with Crippen LogP contribution in [-0.2, 0) is 13.0 Å². The Bertz CT molecular complexity index is 593. The predicted octanol–water partition coefficient (Wildman–Crippen LogP) is 3.15. The zero-order chi connectivity index (χ0) is 16.9. The van der Waals surface area contributed by atoms with Gasteiger partial charge in [0.25, 0.3) is 0 Å². The number of nitrogens with one attached hydrogen (secondary N) is 1. The minimum Gasteiger partial charge on any atom is -0.496 e. The molecule has 0 aromatic heterocycles. The number of benzene rings is 1. The van der Waals surface area contributed by atoms with Gasteiger partial charge in [0.15, 0.2) is 5.96 Å². The van der Waals surface area contributed by atoms with Crippen LogP contribution in [0.15, 0.2) is 17.1 Å². The van der Waals surface area contributed by atoms with E-state index in [9.17, 15) is 0 Å². The van der Waals surface area contributed by atoms with E-state index in [1.54, 1.807) is 7.11 Å². The second-order valence-electron chi connectivity index (χ2n) is 6.94. The van der Waals surface area contributed by atoms with Gasteiger partial charge in [-0.15, -0.1) is 0 Å². The summed E-state index contributed by atoms with van der Waals surface area (Å²) in [4.78, 5) is 4.52. The molecule has 0 radical (unpaired) electrons. The molecule has 24 heavy (non-hydrogen) atoms. The van der Waals surface area contributed by atoms with Crippen LogP contribution in [0.2, 0.25) is 0 Å². The van der Waals surface area contributed by atoms with Gasteiger partial charge >= 0.3 is 0 Å². The second kappa shape index (κ2) is 7.77. The molecular weight excluding hydrogens is 302 g/mol. The van der Waals surface area contributed by atoms with Crippen molar-refractivity contribution in [1.82, 2.24) is 5.32 Å². The third kappa shape index (κ3) is 4.13. The SMILES string of the molecule is COc1cc2c(cc1CN=C(N)NC1CCCCCC1)OC(C)C2. The van der Waals surface area contributed by atoms with E-state index >= 15 is 0 Å². The highest BCUT2D eigenvalue weighted by Gasteiger charge is 2.21. The van der Waals surface area contributed by atoms with Crippen LogP contribution in [0.3, 0.4) is 0 Å². The smallest absolute Gasteiger partial charge is 0.189 e. The molecule has 0 spiro atoms. The number of rotatable bonds is 4.